The highest BCUT2D eigenvalue weighted by Crippen LogP contribution is 2.25. The third kappa shape index (κ3) is 6.23. The minimum atomic E-state index is -0.883. The van der Waals surface area contributed by atoms with Crippen LogP contribution in [0.1, 0.15) is 26.3 Å². The molecule has 0 aromatic heterocycles. The Hall–Kier alpha value is -2.60. The first-order chi connectivity index (χ1) is 13.1. The van der Waals surface area contributed by atoms with Crippen LogP contribution in [0.3, 0.4) is 0 Å². The lowest BCUT2D eigenvalue weighted by molar-refractivity contribution is -0.143. The Balaban J connectivity index is 2.12. The molecular weight excluding hydrogens is 385 g/mol. The Morgan fingerprint density at radius 2 is 1.71 bits per heavy atom. The van der Waals surface area contributed by atoms with Gasteiger partial charge >= 0.3 is 12.1 Å². The number of benzene rings is 2. The molecule has 28 heavy (non-hydrogen) atoms. The Bertz CT molecular complexity index is 846. The smallest absolute Gasteiger partial charge is 0.408 e. The first-order valence-electron chi connectivity index (χ1n) is 8.71. The molecule has 1 atom stereocenters. The van der Waals surface area contributed by atoms with E-state index in [1.807, 2.05) is 24.3 Å². The molecule has 0 aliphatic heterocycles. The normalized spacial score (nSPS) is 12.2. The highest BCUT2D eigenvalue weighted by atomic mass is 35.5. The number of esters is 1. The standard InChI is InChI=1S/C21H23ClFNO4/c1-21(2,3)28-20(26)24-18(19(25)27-4)11-13-5-7-14(8-6-13)15-9-10-17(23)16(22)12-15/h5-10,12,18H,11H2,1-4H3,(H,24,26)/t18-/m1/s1. The topological polar surface area (TPSA) is 64.6 Å². The molecule has 0 heterocycles. The van der Waals surface area contributed by atoms with Gasteiger partial charge in [0, 0.05) is 6.42 Å². The van der Waals surface area contributed by atoms with Crippen molar-refractivity contribution in [1.82, 2.24) is 5.32 Å². The molecule has 0 fully saturated rings. The summed E-state index contributed by atoms with van der Waals surface area (Å²) in [5.74, 6) is -1.04. The number of carbonyl (C=O) groups excluding carboxylic acids is 2. The second kappa shape index (κ2) is 9.06. The van der Waals surface area contributed by atoms with Crippen LogP contribution in [0, 0.1) is 5.82 Å². The number of nitrogens with one attached hydrogen (secondary N) is 1. The van der Waals surface area contributed by atoms with Gasteiger partial charge < -0.3 is 14.8 Å². The molecule has 5 nitrogen and oxygen atoms in total. The van der Waals surface area contributed by atoms with Gasteiger partial charge in [-0.15, -0.1) is 0 Å². The number of amides is 1. The predicted molar refractivity (Wildman–Crippen MR) is 106 cm³/mol. The van der Waals surface area contributed by atoms with Crippen LogP contribution in [0.2, 0.25) is 5.02 Å². The second-order valence-corrected chi connectivity index (χ2v) is 7.66. The van der Waals surface area contributed by atoms with E-state index in [4.69, 9.17) is 21.1 Å². The zero-order valence-electron chi connectivity index (χ0n) is 16.2. The molecule has 0 aliphatic carbocycles. The molecule has 0 aliphatic rings. The monoisotopic (exact) mass is 407 g/mol. The Labute approximate surface area is 168 Å². The average Bonchev–Trinajstić information content (AvgIpc) is 2.62. The molecule has 2 aromatic rings. The maximum atomic E-state index is 13.3. The summed E-state index contributed by atoms with van der Waals surface area (Å²) in [4.78, 5) is 24.0. The van der Waals surface area contributed by atoms with Crippen LogP contribution in [0.15, 0.2) is 42.5 Å². The third-order valence-electron chi connectivity index (χ3n) is 3.82. The maximum Gasteiger partial charge on any atom is 0.408 e. The van der Waals surface area contributed by atoms with Crippen LogP contribution >= 0.6 is 11.6 Å². The minimum absolute atomic E-state index is 0.0499. The van der Waals surface area contributed by atoms with Crippen molar-refractivity contribution in [2.45, 2.75) is 38.8 Å². The van der Waals surface area contributed by atoms with Gasteiger partial charge in [-0.2, -0.15) is 0 Å². The number of carbonyl (C=O) groups is 2. The summed E-state index contributed by atoms with van der Waals surface area (Å²) in [5.41, 5.74) is 1.75. The van der Waals surface area contributed by atoms with Crippen LogP contribution in [-0.4, -0.2) is 30.8 Å². The van der Waals surface area contributed by atoms with Gasteiger partial charge in [0.15, 0.2) is 0 Å². The van der Waals surface area contributed by atoms with Crippen LogP contribution in [0.5, 0.6) is 0 Å². The molecule has 150 valence electrons. The van der Waals surface area contributed by atoms with E-state index in [1.165, 1.54) is 13.2 Å². The summed E-state index contributed by atoms with van der Waals surface area (Å²) in [6.07, 6.45) is -0.461. The summed E-state index contributed by atoms with van der Waals surface area (Å²) in [6, 6.07) is 10.9. The van der Waals surface area contributed by atoms with E-state index in [9.17, 15) is 14.0 Å². The van der Waals surface area contributed by atoms with Crippen molar-refractivity contribution < 1.29 is 23.5 Å². The van der Waals surface area contributed by atoms with Crippen molar-refractivity contribution in [2.24, 2.45) is 0 Å². The van der Waals surface area contributed by atoms with E-state index in [1.54, 1.807) is 32.9 Å². The molecule has 1 N–H and O–H groups in total. The number of rotatable bonds is 5. The van der Waals surface area contributed by atoms with Crippen molar-refractivity contribution in [3.8, 4) is 11.1 Å². The van der Waals surface area contributed by atoms with E-state index in [0.29, 0.717) is 0 Å². The number of hydrogen-bond acceptors (Lipinski definition) is 4. The van der Waals surface area contributed by atoms with Crippen molar-refractivity contribution in [3.63, 3.8) is 0 Å². The van der Waals surface area contributed by atoms with Gasteiger partial charge in [-0.05, 0) is 49.6 Å². The number of alkyl carbamates (subject to hydrolysis) is 1. The lowest BCUT2D eigenvalue weighted by atomic mass is 10.0. The zero-order valence-corrected chi connectivity index (χ0v) is 17.0. The van der Waals surface area contributed by atoms with Crippen molar-refractivity contribution in [2.75, 3.05) is 7.11 Å². The van der Waals surface area contributed by atoms with Crippen LogP contribution < -0.4 is 5.32 Å². The molecule has 0 bridgehead atoms. The lowest BCUT2D eigenvalue weighted by Crippen LogP contribution is -2.45. The number of ether oxygens (including phenoxy) is 2. The largest absolute Gasteiger partial charge is 0.467 e. The van der Waals surface area contributed by atoms with Crippen LogP contribution in [-0.2, 0) is 20.7 Å². The van der Waals surface area contributed by atoms with Gasteiger partial charge in [-0.1, -0.05) is 41.9 Å². The van der Waals surface area contributed by atoms with Crippen molar-refractivity contribution in [3.05, 3.63) is 58.9 Å². The molecule has 7 heteroatoms. The number of hydrogen-bond donors (Lipinski definition) is 1. The van der Waals surface area contributed by atoms with Crippen LogP contribution in [0.25, 0.3) is 11.1 Å². The fourth-order valence-corrected chi connectivity index (χ4v) is 2.71. The van der Waals surface area contributed by atoms with E-state index in [0.717, 1.165) is 16.7 Å². The fourth-order valence-electron chi connectivity index (χ4n) is 2.53. The molecule has 2 aromatic carbocycles. The second-order valence-electron chi connectivity index (χ2n) is 7.25. The molecular formula is C21H23ClFNO4. The maximum absolute atomic E-state index is 13.3. The average molecular weight is 408 g/mol. The molecule has 0 unspecified atom stereocenters. The van der Waals surface area contributed by atoms with E-state index in [-0.39, 0.29) is 11.4 Å². The summed E-state index contributed by atoms with van der Waals surface area (Å²) in [7, 11) is 1.26. The van der Waals surface area contributed by atoms with Crippen LogP contribution in [0.4, 0.5) is 9.18 Å². The lowest BCUT2D eigenvalue weighted by Gasteiger charge is -2.22. The van der Waals surface area contributed by atoms with E-state index >= 15 is 0 Å². The van der Waals surface area contributed by atoms with E-state index < -0.39 is 29.5 Å². The first kappa shape index (κ1) is 21.7. The van der Waals surface area contributed by atoms with Gasteiger partial charge in [0.1, 0.15) is 17.5 Å². The van der Waals surface area contributed by atoms with Crippen molar-refractivity contribution in [1.29, 1.82) is 0 Å². The van der Waals surface area contributed by atoms with E-state index in [2.05, 4.69) is 5.32 Å². The molecule has 0 saturated heterocycles. The fraction of sp³-hybridized carbons (Fsp3) is 0.333. The highest BCUT2D eigenvalue weighted by molar-refractivity contribution is 6.31. The summed E-state index contributed by atoms with van der Waals surface area (Å²) in [6.45, 7) is 5.21. The zero-order chi connectivity index (χ0) is 20.9. The quantitative estimate of drug-likeness (QED) is 0.726. The Morgan fingerprint density at radius 1 is 1.11 bits per heavy atom. The number of halogens is 2. The van der Waals surface area contributed by atoms with Gasteiger partial charge in [0.2, 0.25) is 0 Å². The summed E-state index contributed by atoms with van der Waals surface area (Å²) in [5, 5.41) is 2.59. The third-order valence-corrected chi connectivity index (χ3v) is 4.11. The van der Waals surface area contributed by atoms with Crippen molar-refractivity contribution >= 4 is 23.7 Å². The Kier molecular flexibility index (Phi) is 7.02. The highest BCUT2D eigenvalue weighted by Gasteiger charge is 2.25. The molecule has 2 rings (SSSR count). The summed E-state index contributed by atoms with van der Waals surface area (Å²) < 4.78 is 23.3. The predicted octanol–water partition coefficient (Wildman–Crippen LogP) is 4.75. The van der Waals surface area contributed by atoms with Gasteiger partial charge in [0.05, 0.1) is 12.1 Å². The Morgan fingerprint density at radius 3 is 2.25 bits per heavy atom. The molecule has 1 amide bonds. The first-order valence-corrected chi connectivity index (χ1v) is 9.08. The van der Waals surface area contributed by atoms with Gasteiger partial charge in [-0.3, -0.25) is 0 Å². The number of methoxy groups -OCH3 is 1. The summed E-state index contributed by atoms with van der Waals surface area (Å²) >= 11 is 5.83. The SMILES string of the molecule is COC(=O)[C@@H](Cc1ccc(-c2ccc(F)c(Cl)c2)cc1)NC(=O)OC(C)(C)C. The van der Waals surface area contributed by atoms with Gasteiger partial charge in [-0.25, -0.2) is 14.0 Å². The minimum Gasteiger partial charge on any atom is -0.467 e. The van der Waals surface area contributed by atoms with Gasteiger partial charge in [0.25, 0.3) is 0 Å². The molecule has 0 saturated carbocycles. The molecule has 0 spiro atoms. The molecule has 0 radical (unpaired) electrons.